The van der Waals surface area contributed by atoms with Gasteiger partial charge in [-0.05, 0) is 32.9 Å². The van der Waals surface area contributed by atoms with Crippen LogP contribution in [0.4, 0.5) is 0 Å². The molecular weight excluding hydrogens is 274 g/mol. The Bertz CT molecular complexity index is 539. The fraction of sp³-hybridized carbons (Fsp3) is 0.467. The van der Waals surface area contributed by atoms with Gasteiger partial charge in [-0.1, -0.05) is 6.07 Å². The lowest BCUT2D eigenvalue weighted by Crippen LogP contribution is -2.52. The molecule has 0 fully saturated rings. The van der Waals surface area contributed by atoms with E-state index < -0.39 is 17.4 Å². The van der Waals surface area contributed by atoms with Crippen LogP contribution in [0.15, 0.2) is 18.2 Å². The van der Waals surface area contributed by atoms with Crippen LogP contribution in [0.5, 0.6) is 11.5 Å². The molecule has 21 heavy (non-hydrogen) atoms. The van der Waals surface area contributed by atoms with E-state index in [1.165, 1.54) is 33.0 Å². The van der Waals surface area contributed by atoms with E-state index in [0.29, 0.717) is 11.5 Å². The fourth-order valence-electron chi connectivity index (χ4n) is 2.11. The van der Waals surface area contributed by atoms with Gasteiger partial charge < -0.3 is 19.5 Å². The van der Waals surface area contributed by atoms with Gasteiger partial charge in [0, 0.05) is 6.54 Å². The van der Waals surface area contributed by atoms with Crippen LogP contribution in [-0.4, -0.2) is 48.2 Å². The molecule has 0 saturated heterocycles. The molecule has 0 aliphatic rings. The molecular formula is C15H21NO5. The quantitative estimate of drug-likeness (QED) is 0.869. The molecule has 0 unspecified atom stereocenters. The maximum Gasteiger partial charge on any atom is 0.329 e. The van der Waals surface area contributed by atoms with Crippen molar-refractivity contribution in [2.45, 2.75) is 26.3 Å². The summed E-state index contributed by atoms with van der Waals surface area (Å²) >= 11 is 0. The molecule has 0 spiro atoms. The van der Waals surface area contributed by atoms with E-state index in [9.17, 15) is 14.7 Å². The van der Waals surface area contributed by atoms with E-state index >= 15 is 0 Å². The minimum absolute atomic E-state index is 0.262. The SMILES string of the molecule is CCN(C(=O)c1cccc(OC)c1OC)C(C)(C)C(=O)O. The van der Waals surface area contributed by atoms with E-state index in [1.807, 2.05) is 0 Å². The Balaban J connectivity index is 3.33. The van der Waals surface area contributed by atoms with Crippen LogP contribution in [0.2, 0.25) is 0 Å². The second-order valence-electron chi connectivity index (χ2n) is 4.95. The topological polar surface area (TPSA) is 76.1 Å². The Kier molecular flexibility index (Phi) is 5.18. The normalized spacial score (nSPS) is 10.9. The van der Waals surface area contributed by atoms with Gasteiger partial charge in [0.25, 0.3) is 5.91 Å². The number of carboxylic acid groups (broad SMARTS) is 1. The Morgan fingerprint density at radius 3 is 2.29 bits per heavy atom. The zero-order valence-electron chi connectivity index (χ0n) is 13.0. The summed E-state index contributed by atoms with van der Waals surface area (Å²) in [4.78, 5) is 25.4. The van der Waals surface area contributed by atoms with Gasteiger partial charge in [0.05, 0.1) is 19.8 Å². The number of likely N-dealkylation sites (N-methyl/N-ethyl adjacent to an activating group) is 1. The van der Waals surface area contributed by atoms with E-state index in [-0.39, 0.29) is 12.1 Å². The number of benzene rings is 1. The van der Waals surface area contributed by atoms with Gasteiger partial charge in [-0.2, -0.15) is 0 Å². The third-order valence-corrected chi connectivity index (χ3v) is 3.39. The average Bonchev–Trinajstić information content (AvgIpc) is 2.46. The van der Waals surface area contributed by atoms with Crippen LogP contribution < -0.4 is 9.47 Å². The lowest BCUT2D eigenvalue weighted by molar-refractivity contribution is -0.147. The molecule has 0 heterocycles. The molecule has 1 N–H and O–H groups in total. The molecule has 6 heteroatoms. The fourth-order valence-corrected chi connectivity index (χ4v) is 2.11. The van der Waals surface area contributed by atoms with Crippen molar-refractivity contribution in [1.82, 2.24) is 4.90 Å². The molecule has 0 bridgehead atoms. The van der Waals surface area contributed by atoms with Crippen molar-refractivity contribution >= 4 is 11.9 Å². The van der Waals surface area contributed by atoms with Gasteiger partial charge >= 0.3 is 5.97 Å². The van der Waals surface area contributed by atoms with E-state index in [1.54, 1.807) is 25.1 Å². The molecule has 0 radical (unpaired) electrons. The summed E-state index contributed by atoms with van der Waals surface area (Å²) in [7, 11) is 2.91. The largest absolute Gasteiger partial charge is 0.493 e. The van der Waals surface area contributed by atoms with Crippen LogP contribution in [0.3, 0.4) is 0 Å². The van der Waals surface area contributed by atoms with Crippen molar-refractivity contribution in [2.75, 3.05) is 20.8 Å². The van der Waals surface area contributed by atoms with Crippen molar-refractivity contribution in [3.63, 3.8) is 0 Å². The Labute approximate surface area is 124 Å². The van der Waals surface area contributed by atoms with Gasteiger partial charge in [0.1, 0.15) is 5.54 Å². The first-order chi connectivity index (χ1) is 9.81. The highest BCUT2D eigenvalue weighted by Gasteiger charge is 2.38. The van der Waals surface area contributed by atoms with Gasteiger partial charge in [-0.3, -0.25) is 4.79 Å². The van der Waals surface area contributed by atoms with Gasteiger partial charge in [-0.15, -0.1) is 0 Å². The first-order valence-corrected chi connectivity index (χ1v) is 6.57. The lowest BCUT2D eigenvalue weighted by Gasteiger charge is -2.34. The van der Waals surface area contributed by atoms with E-state index in [4.69, 9.17) is 9.47 Å². The summed E-state index contributed by atoms with van der Waals surface area (Å²) in [6.45, 7) is 4.97. The van der Waals surface area contributed by atoms with Crippen molar-refractivity contribution in [2.24, 2.45) is 0 Å². The highest BCUT2D eigenvalue weighted by atomic mass is 16.5. The summed E-state index contributed by atoms with van der Waals surface area (Å²) in [6.07, 6.45) is 0. The number of carboxylic acids is 1. The van der Waals surface area contributed by atoms with Crippen molar-refractivity contribution in [3.8, 4) is 11.5 Å². The van der Waals surface area contributed by atoms with E-state index in [0.717, 1.165) is 0 Å². The maximum atomic E-state index is 12.7. The molecule has 1 amide bonds. The average molecular weight is 295 g/mol. The molecule has 0 aliphatic heterocycles. The predicted molar refractivity (Wildman–Crippen MR) is 78.0 cm³/mol. The Morgan fingerprint density at radius 2 is 1.86 bits per heavy atom. The number of nitrogens with zero attached hydrogens (tertiary/aromatic N) is 1. The summed E-state index contributed by atoms with van der Waals surface area (Å²) in [6, 6.07) is 4.93. The summed E-state index contributed by atoms with van der Waals surface area (Å²) < 4.78 is 10.4. The predicted octanol–water partition coefficient (Wildman–Crippen LogP) is 2.03. The van der Waals surface area contributed by atoms with Crippen molar-refractivity contribution in [1.29, 1.82) is 0 Å². The number of carbonyl (C=O) groups is 2. The first kappa shape index (κ1) is 16.8. The number of ether oxygens (including phenoxy) is 2. The minimum atomic E-state index is -1.32. The van der Waals surface area contributed by atoms with Gasteiger partial charge in [0.15, 0.2) is 11.5 Å². The molecule has 1 aromatic rings. The smallest absolute Gasteiger partial charge is 0.329 e. The van der Waals surface area contributed by atoms with Crippen LogP contribution in [0, 0.1) is 0 Å². The molecule has 1 aromatic carbocycles. The number of carbonyl (C=O) groups excluding carboxylic acids is 1. The summed E-state index contributed by atoms with van der Waals surface area (Å²) in [5.41, 5.74) is -1.05. The number of rotatable bonds is 6. The lowest BCUT2D eigenvalue weighted by atomic mass is 10.0. The Morgan fingerprint density at radius 1 is 1.24 bits per heavy atom. The molecule has 0 aliphatic carbocycles. The third-order valence-electron chi connectivity index (χ3n) is 3.39. The van der Waals surface area contributed by atoms with Crippen molar-refractivity contribution < 1.29 is 24.2 Å². The second-order valence-corrected chi connectivity index (χ2v) is 4.95. The third kappa shape index (κ3) is 3.09. The molecule has 0 atom stereocenters. The first-order valence-electron chi connectivity index (χ1n) is 6.57. The monoisotopic (exact) mass is 295 g/mol. The molecule has 6 nitrogen and oxygen atoms in total. The van der Waals surface area contributed by atoms with Crippen LogP contribution >= 0.6 is 0 Å². The molecule has 0 saturated carbocycles. The Hall–Kier alpha value is -2.24. The highest BCUT2D eigenvalue weighted by Crippen LogP contribution is 2.32. The standard InChI is InChI=1S/C15H21NO5/c1-6-16(15(2,3)14(18)19)13(17)10-8-7-9-11(20-4)12(10)21-5/h7-9H,6H2,1-5H3,(H,18,19). The van der Waals surface area contributed by atoms with Crippen molar-refractivity contribution in [3.05, 3.63) is 23.8 Å². The van der Waals surface area contributed by atoms with Crippen LogP contribution in [0.1, 0.15) is 31.1 Å². The zero-order chi connectivity index (χ0) is 16.2. The molecule has 116 valence electrons. The van der Waals surface area contributed by atoms with Gasteiger partial charge in [-0.25, -0.2) is 4.79 Å². The summed E-state index contributed by atoms with van der Waals surface area (Å²) in [5.74, 6) is -0.766. The molecule has 0 aromatic heterocycles. The maximum absolute atomic E-state index is 12.7. The number of aliphatic carboxylic acids is 1. The summed E-state index contributed by atoms with van der Waals surface area (Å²) in [5, 5.41) is 9.32. The molecule has 1 rings (SSSR count). The number of hydrogen-bond acceptors (Lipinski definition) is 4. The van der Waals surface area contributed by atoms with Crippen LogP contribution in [0.25, 0.3) is 0 Å². The minimum Gasteiger partial charge on any atom is -0.493 e. The number of para-hydroxylation sites is 1. The second kappa shape index (κ2) is 6.47. The van der Waals surface area contributed by atoms with Gasteiger partial charge in [0.2, 0.25) is 0 Å². The highest BCUT2D eigenvalue weighted by molar-refractivity contribution is 6.00. The van der Waals surface area contributed by atoms with Crippen LogP contribution in [-0.2, 0) is 4.79 Å². The number of methoxy groups -OCH3 is 2. The number of hydrogen-bond donors (Lipinski definition) is 1. The van der Waals surface area contributed by atoms with E-state index in [2.05, 4.69) is 0 Å². The number of amides is 1. The zero-order valence-corrected chi connectivity index (χ0v) is 13.0.